The SMILES string of the molecule is N#Cc1ccc(N2CCc3c(ncn3CCc3ccccc3)C2)c(C(F)(F)F)c1. The van der Waals surface area contributed by atoms with Crippen LogP contribution in [0.25, 0.3) is 0 Å². The Hall–Kier alpha value is -3.27. The Bertz CT molecular complexity index is 1050. The summed E-state index contributed by atoms with van der Waals surface area (Å²) in [6.07, 6.45) is -1.24. The highest BCUT2D eigenvalue weighted by Crippen LogP contribution is 2.38. The molecule has 1 aliphatic rings. The first-order valence-electron chi connectivity index (χ1n) is 9.39. The van der Waals surface area contributed by atoms with Crippen molar-refractivity contribution in [2.45, 2.75) is 32.1 Å². The van der Waals surface area contributed by atoms with Gasteiger partial charge in [0.05, 0.1) is 35.8 Å². The molecule has 0 saturated carbocycles. The molecule has 0 radical (unpaired) electrons. The van der Waals surface area contributed by atoms with Crippen molar-refractivity contribution in [2.75, 3.05) is 11.4 Å². The van der Waals surface area contributed by atoms with Gasteiger partial charge in [-0.05, 0) is 30.2 Å². The van der Waals surface area contributed by atoms with Crippen LogP contribution in [0.5, 0.6) is 0 Å². The van der Waals surface area contributed by atoms with Gasteiger partial charge in [0.15, 0.2) is 0 Å². The Morgan fingerprint density at radius 1 is 1.10 bits per heavy atom. The molecule has 148 valence electrons. The van der Waals surface area contributed by atoms with E-state index in [9.17, 15) is 13.2 Å². The fraction of sp³-hybridized carbons (Fsp3) is 0.273. The van der Waals surface area contributed by atoms with Gasteiger partial charge in [0.25, 0.3) is 0 Å². The van der Waals surface area contributed by atoms with Gasteiger partial charge in [0, 0.05) is 30.9 Å². The highest BCUT2D eigenvalue weighted by molar-refractivity contribution is 5.59. The number of hydrogen-bond donors (Lipinski definition) is 0. The van der Waals surface area contributed by atoms with Gasteiger partial charge in [-0.2, -0.15) is 18.4 Å². The summed E-state index contributed by atoms with van der Waals surface area (Å²) in [4.78, 5) is 6.15. The van der Waals surface area contributed by atoms with E-state index >= 15 is 0 Å². The van der Waals surface area contributed by atoms with Crippen LogP contribution in [0, 0.1) is 11.3 Å². The van der Waals surface area contributed by atoms with Crippen molar-refractivity contribution in [1.82, 2.24) is 9.55 Å². The van der Waals surface area contributed by atoms with Crippen LogP contribution in [0.2, 0.25) is 0 Å². The fourth-order valence-electron chi connectivity index (χ4n) is 3.77. The van der Waals surface area contributed by atoms with Crippen LogP contribution < -0.4 is 4.90 Å². The standard InChI is InChI=1S/C22H19F3N4/c23-22(24,25)18-12-17(13-26)6-7-20(18)28-11-9-21-19(14-28)27-15-29(21)10-8-16-4-2-1-3-5-16/h1-7,12,15H,8-11,14H2. The van der Waals surface area contributed by atoms with E-state index in [2.05, 4.69) is 21.7 Å². The zero-order valence-electron chi connectivity index (χ0n) is 15.7. The number of halogens is 3. The third kappa shape index (κ3) is 3.97. The maximum absolute atomic E-state index is 13.5. The quantitative estimate of drug-likeness (QED) is 0.649. The monoisotopic (exact) mass is 396 g/mol. The van der Waals surface area contributed by atoms with E-state index in [4.69, 9.17) is 5.26 Å². The van der Waals surface area contributed by atoms with Crippen LogP contribution in [-0.4, -0.2) is 16.1 Å². The third-order valence-corrected chi connectivity index (χ3v) is 5.25. The molecular weight excluding hydrogens is 377 g/mol. The predicted octanol–water partition coefficient (Wildman–Crippen LogP) is 4.58. The fourth-order valence-corrected chi connectivity index (χ4v) is 3.77. The summed E-state index contributed by atoms with van der Waals surface area (Å²) in [6, 6.07) is 15.7. The topological polar surface area (TPSA) is 44.9 Å². The highest BCUT2D eigenvalue weighted by atomic mass is 19.4. The number of aromatic nitrogens is 2. The van der Waals surface area contributed by atoms with Crippen molar-refractivity contribution in [2.24, 2.45) is 0 Å². The summed E-state index contributed by atoms with van der Waals surface area (Å²) in [6.45, 7) is 1.58. The van der Waals surface area contributed by atoms with Crippen LogP contribution in [-0.2, 0) is 32.1 Å². The average molecular weight is 396 g/mol. The molecule has 0 fully saturated rings. The molecule has 1 aliphatic heterocycles. The Balaban J connectivity index is 1.55. The van der Waals surface area contributed by atoms with Crippen molar-refractivity contribution >= 4 is 5.69 Å². The van der Waals surface area contributed by atoms with Crippen LogP contribution in [0.15, 0.2) is 54.9 Å². The number of rotatable bonds is 4. The van der Waals surface area contributed by atoms with E-state index in [-0.39, 0.29) is 11.3 Å². The number of hydrogen-bond acceptors (Lipinski definition) is 3. The molecular formula is C22H19F3N4. The van der Waals surface area contributed by atoms with E-state index in [0.29, 0.717) is 19.5 Å². The lowest BCUT2D eigenvalue weighted by Crippen LogP contribution is -2.33. The summed E-state index contributed by atoms with van der Waals surface area (Å²) in [5.74, 6) is 0. The number of nitriles is 1. The summed E-state index contributed by atoms with van der Waals surface area (Å²) < 4.78 is 42.7. The average Bonchev–Trinajstić information content (AvgIpc) is 3.14. The lowest BCUT2D eigenvalue weighted by Gasteiger charge is -2.31. The maximum Gasteiger partial charge on any atom is 0.418 e. The molecule has 0 aliphatic carbocycles. The second-order valence-corrected chi connectivity index (χ2v) is 7.08. The Labute approximate surface area is 166 Å². The summed E-state index contributed by atoms with van der Waals surface area (Å²) >= 11 is 0. The summed E-state index contributed by atoms with van der Waals surface area (Å²) in [7, 11) is 0. The van der Waals surface area contributed by atoms with Crippen LogP contribution in [0.3, 0.4) is 0 Å². The van der Waals surface area contributed by atoms with E-state index < -0.39 is 11.7 Å². The lowest BCUT2D eigenvalue weighted by molar-refractivity contribution is -0.137. The number of benzene rings is 2. The molecule has 3 aromatic rings. The number of nitrogens with zero attached hydrogens (tertiary/aromatic N) is 4. The number of imidazole rings is 1. The van der Waals surface area contributed by atoms with Gasteiger partial charge in [0.1, 0.15) is 0 Å². The van der Waals surface area contributed by atoms with Gasteiger partial charge in [0.2, 0.25) is 0 Å². The van der Waals surface area contributed by atoms with Gasteiger partial charge in [-0.25, -0.2) is 4.98 Å². The maximum atomic E-state index is 13.5. The molecule has 0 N–H and O–H groups in total. The Kier molecular flexibility index (Phi) is 5.01. The van der Waals surface area contributed by atoms with Gasteiger partial charge in [-0.3, -0.25) is 0 Å². The Morgan fingerprint density at radius 2 is 1.90 bits per heavy atom. The van der Waals surface area contributed by atoms with Crippen molar-refractivity contribution in [3.8, 4) is 6.07 Å². The molecule has 29 heavy (non-hydrogen) atoms. The van der Waals surface area contributed by atoms with Gasteiger partial charge < -0.3 is 9.47 Å². The number of anilines is 1. The second-order valence-electron chi connectivity index (χ2n) is 7.08. The molecule has 0 amide bonds. The number of alkyl halides is 3. The third-order valence-electron chi connectivity index (χ3n) is 5.25. The Morgan fingerprint density at radius 3 is 2.62 bits per heavy atom. The van der Waals surface area contributed by atoms with Crippen molar-refractivity contribution in [1.29, 1.82) is 5.26 Å². The van der Waals surface area contributed by atoms with Gasteiger partial charge in [-0.1, -0.05) is 30.3 Å². The zero-order chi connectivity index (χ0) is 20.4. The number of aryl methyl sites for hydroxylation is 2. The number of fused-ring (bicyclic) bond motifs is 1. The van der Waals surface area contributed by atoms with E-state index in [1.165, 1.54) is 17.7 Å². The van der Waals surface area contributed by atoms with Crippen molar-refractivity contribution < 1.29 is 13.2 Å². The van der Waals surface area contributed by atoms with Crippen LogP contribution >= 0.6 is 0 Å². The van der Waals surface area contributed by atoms with Gasteiger partial charge >= 0.3 is 6.18 Å². The first-order chi connectivity index (χ1) is 14.0. The first kappa shape index (κ1) is 19.1. The van der Waals surface area contributed by atoms with Crippen LogP contribution in [0.1, 0.15) is 28.1 Å². The van der Waals surface area contributed by atoms with Crippen LogP contribution in [0.4, 0.5) is 18.9 Å². The van der Waals surface area contributed by atoms with Gasteiger partial charge in [-0.15, -0.1) is 0 Å². The minimum absolute atomic E-state index is 0.00367. The predicted molar refractivity (Wildman–Crippen MR) is 103 cm³/mol. The molecule has 0 bridgehead atoms. The smallest absolute Gasteiger partial charge is 0.365 e. The zero-order valence-corrected chi connectivity index (χ0v) is 15.7. The molecule has 1 aromatic heterocycles. The molecule has 4 nitrogen and oxygen atoms in total. The van der Waals surface area contributed by atoms with E-state index in [1.54, 1.807) is 17.3 Å². The van der Waals surface area contributed by atoms with Crippen molar-refractivity contribution in [3.05, 3.63) is 82.9 Å². The molecule has 0 saturated heterocycles. The summed E-state index contributed by atoms with van der Waals surface area (Å²) in [5, 5.41) is 8.95. The molecule has 7 heteroatoms. The molecule has 4 rings (SSSR count). The first-order valence-corrected chi connectivity index (χ1v) is 9.39. The van der Waals surface area contributed by atoms with E-state index in [1.807, 2.05) is 18.2 Å². The normalized spacial score (nSPS) is 13.8. The van der Waals surface area contributed by atoms with Crippen molar-refractivity contribution in [3.63, 3.8) is 0 Å². The molecule has 0 atom stereocenters. The minimum Gasteiger partial charge on any atom is -0.365 e. The molecule has 2 heterocycles. The second kappa shape index (κ2) is 7.63. The summed E-state index contributed by atoms with van der Waals surface area (Å²) in [5.41, 5.74) is 2.45. The molecule has 2 aromatic carbocycles. The lowest BCUT2D eigenvalue weighted by atomic mass is 10.0. The highest BCUT2D eigenvalue weighted by Gasteiger charge is 2.36. The van der Waals surface area contributed by atoms with E-state index in [0.717, 1.165) is 30.4 Å². The minimum atomic E-state index is -4.52. The largest absolute Gasteiger partial charge is 0.418 e. The molecule has 0 spiro atoms. The molecule has 0 unspecified atom stereocenters.